The van der Waals surface area contributed by atoms with Crippen molar-refractivity contribution in [1.82, 2.24) is 14.6 Å². The summed E-state index contributed by atoms with van der Waals surface area (Å²) in [4.78, 5) is 17.2. The van der Waals surface area contributed by atoms with E-state index in [2.05, 4.69) is 10.3 Å². The van der Waals surface area contributed by atoms with Gasteiger partial charge in [0, 0.05) is 34.8 Å². The fourth-order valence-corrected chi connectivity index (χ4v) is 7.10. The summed E-state index contributed by atoms with van der Waals surface area (Å²) in [6, 6.07) is 9.70. The fraction of sp³-hybridized carbons (Fsp3) is 0.385. The van der Waals surface area contributed by atoms with Gasteiger partial charge in [0.2, 0.25) is 15.9 Å². The highest BCUT2D eigenvalue weighted by atomic mass is 35.5. The highest BCUT2D eigenvalue weighted by Crippen LogP contribution is 2.36. The first kappa shape index (κ1) is 30.4. The molecule has 0 bridgehead atoms. The summed E-state index contributed by atoms with van der Waals surface area (Å²) in [6.07, 6.45) is 1.62. The number of nitrogens with zero attached hydrogens (tertiary/aromatic N) is 2. The van der Waals surface area contributed by atoms with Gasteiger partial charge in [-0.3, -0.25) is 4.79 Å². The molecule has 1 fully saturated rings. The number of halogens is 3. The summed E-state index contributed by atoms with van der Waals surface area (Å²) >= 11 is 13.1. The number of hydrogen-bond acceptors (Lipinski definition) is 6. The van der Waals surface area contributed by atoms with Gasteiger partial charge in [0.15, 0.2) is 0 Å². The predicted molar refractivity (Wildman–Crippen MR) is 153 cm³/mol. The van der Waals surface area contributed by atoms with Crippen molar-refractivity contribution in [2.45, 2.75) is 50.7 Å². The van der Waals surface area contributed by atoms with E-state index in [0.29, 0.717) is 49.2 Å². The quantitative estimate of drug-likeness (QED) is 0.341. The molecule has 2 heterocycles. The van der Waals surface area contributed by atoms with Crippen molar-refractivity contribution in [2.24, 2.45) is 5.73 Å². The number of nitrogens with two attached hydrogens (primary N) is 1. The monoisotopic (exact) mass is 600 g/mol. The Hall–Kier alpha value is -2.14. The first-order chi connectivity index (χ1) is 17.6. The Morgan fingerprint density at radius 1 is 1.24 bits per heavy atom. The minimum atomic E-state index is -4.07. The maximum absolute atomic E-state index is 13.6. The van der Waals surface area contributed by atoms with Crippen LogP contribution in [0.25, 0.3) is 10.9 Å². The molecule has 206 valence electrons. The highest BCUT2D eigenvalue weighted by molar-refractivity contribution is 7.89. The summed E-state index contributed by atoms with van der Waals surface area (Å²) in [7, 11) is -4.07. The number of aryl methyl sites for hydroxylation is 2. The molecule has 1 aliphatic rings. The number of hydrogen-bond donors (Lipinski definition) is 2. The Labute approximate surface area is 239 Å². The number of sulfonamides is 1. The molecule has 1 aromatic heterocycles. The summed E-state index contributed by atoms with van der Waals surface area (Å²) in [6.45, 7) is 4.92. The molecule has 2 aromatic carbocycles. The van der Waals surface area contributed by atoms with Crippen LogP contribution < -0.4 is 15.8 Å². The van der Waals surface area contributed by atoms with E-state index in [-0.39, 0.29) is 46.4 Å². The zero-order chi connectivity index (χ0) is 26.7. The lowest BCUT2D eigenvalue weighted by atomic mass is 10.1. The first-order valence-electron chi connectivity index (χ1n) is 12.1. The molecule has 1 saturated heterocycles. The maximum atomic E-state index is 13.6. The first-order valence-corrected chi connectivity index (χ1v) is 14.3. The van der Waals surface area contributed by atoms with Gasteiger partial charge < -0.3 is 15.8 Å². The van der Waals surface area contributed by atoms with Crippen molar-refractivity contribution in [3.05, 3.63) is 63.3 Å². The van der Waals surface area contributed by atoms with Gasteiger partial charge in [0.25, 0.3) is 0 Å². The molecule has 0 radical (unpaired) electrons. The van der Waals surface area contributed by atoms with E-state index < -0.39 is 16.1 Å². The van der Waals surface area contributed by atoms with Crippen molar-refractivity contribution in [2.75, 3.05) is 19.6 Å². The van der Waals surface area contributed by atoms with E-state index in [0.717, 1.165) is 16.6 Å². The van der Waals surface area contributed by atoms with Crippen molar-refractivity contribution >= 4 is 62.4 Å². The fourth-order valence-electron chi connectivity index (χ4n) is 4.58. The van der Waals surface area contributed by atoms with Crippen LogP contribution in [0.1, 0.15) is 36.1 Å². The minimum Gasteiger partial charge on any atom is -0.487 e. The number of ether oxygens (including phenoxy) is 1. The van der Waals surface area contributed by atoms with Crippen molar-refractivity contribution < 1.29 is 17.9 Å². The van der Waals surface area contributed by atoms with Gasteiger partial charge in [-0.1, -0.05) is 35.3 Å². The van der Waals surface area contributed by atoms with Crippen LogP contribution in [-0.2, 0) is 21.4 Å². The number of carbonyl (C=O) groups excluding carboxylic acids is 1. The number of pyridine rings is 1. The summed E-state index contributed by atoms with van der Waals surface area (Å²) in [5.74, 6) is 0.204. The standard InChI is InChI=1S/C26H30Cl2N4O4S.ClH/c1-16-14-17(2)31-25-18(16)6-3-8-22(25)36-15-19-20(27)9-10-23(24(19)28)37(34,35)32-13-4-7-21(32)26(33)30-12-5-11-29;/h3,6,8-10,14,21H,4-5,7,11-13,15,29H2,1-2H3,(H,30,33);1H/t21-;/m0./s1. The van der Waals surface area contributed by atoms with E-state index in [1.165, 1.54) is 16.4 Å². The molecule has 38 heavy (non-hydrogen) atoms. The summed E-state index contributed by atoms with van der Waals surface area (Å²) in [5.41, 5.74) is 8.47. The molecular formula is C26H31Cl3N4O4S. The number of carbonyl (C=O) groups is 1. The zero-order valence-corrected chi connectivity index (χ0v) is 24.3. The normalized spacial score (nSPS) is 15.9. The maximum Gasteiger partial charge on any atom is 0.245 e. The smallest absolute Gasteiger partial charge is 0.245 e. The largest absolute Gasteiger partial charge is 0.487 e. The molecule has 1 aliphatic heterocycles. The van der Waals surface area contributed by atoms with Crippen LogP contribution in [0.15, 0.2) is 41.3 Å². The van der Waals surface area contributed by atoms with Crippen LogP contribution in [-0.4, -0.2) is 49.3 Å². The molecule has 4 rings (SSSR count). The van der Waals surface area contributed by atoms with Gasteiger partial charge in [0.1, 0.15) is 28.8 Å². The third kappa shape index (κ3) is 6.19. The van der Waals surface area contributed by atoms with Crippen molar-refractivity contribution in [3.63, 3.8) is 0 Å². The number of rotatable bonds is 9. The van der Waals surface area contributed by atoms with Crippen molar-refractivity contribution in [3.8, 4) is 5.75 Å². The van der Waals surface area contributed by atoms with E-state index in [4.69, 9.17) is 33.7 Å². The highest BCUT2D eigenvalue weighted by Gasteiger charge is 2.40. The topological polar surface area (TPSA) is 115 Å². The SMILES string of the molecule is Cc1cc(C)c2cccc(OCc3c(Cl)ccc(S(=O)(=O)N4CCC[C@H]4C(=O)NCCCN)c3Cl)c2n1.Cl. The lowest BCUT2D eigenvalue weighted by molar-refractivity contribution is -0.124. The van der Waals surface area contributed by atoms with E-state index >= 15 is 0 Å². The minimum absolute atomic E-state index is 0. The molecule has 12 heteroatoms. The van der Waals surface area contributed by atoms with Crippen LogP contribution >= 0.6 is 35.6 Å². The molecule has 0 saturated carbocycles. The Bertz CT molecular complexity index is 1440. The average molecular weight is 602 g/mol. The number of benzene rings is 2. The second-order valence-corrected chi connectivity index (χ2v) is 11.7. The van der Waals surface area contributed by atoms with Gasteiger partial charge in [-0.25, -0.2) is 13.4 Å². The molecule has 0 unspecified atom stereocenters. The third-order valence-corrected chi connectivity index (χ3v) is 9.28. The van der Waals surface area contributed by atoms with Crippen molar-refractivity contribution in [1.29, 1.82) is 0 Å². The number of para-hydroxylation sites is 1. The van der Waals surface area contributed by atoms with Crippen LogP contribution in [0.5, 0.6) is 5.75 Å². The molecule has 0 spiro atoms. The second-order valence-electron chi connectivity index (χ2n) is 9.07. The van der Waals surface area contributed by atoms with Gasteiger partial charge in [-0.05, 0) is 69.5 Å². The molecule has 3 aromatic rings. The number of fused-ring (bicyclic) bond motifs is 1. The van der Waals surface area contributed by atoms with Gasteiger partial charge in [0.05, 0.1) is 5.02 Å². The van der Waals surface area contributed by atoms with Crippen LogP contribution in [0.2, 0.25) is 10.0 Å². The average Bonchev–Trinajstić information content (AvgIpc) is 3.35. The van der Waals surface area contributed by atoms with Gasteiger partial charge >= 0.3 is 0 Å². The predicted octanol–water partition coefficient (Wildman–Crippen LogP) is 4.78. The van der Waals surface area contributed by atoms with Crippen LogP contribution in [0.3, 0.4) is 0 Å². The molecular weight excluding hydrogens is 571 g/mol. The molecule has 3 N–H and O–H groups in total. The summed E-state index contributed by atoms with van der Waals surface area (Å²) in [5, 5.41) is 3.98. The third-order valence-electron chi connectivity index (χ3n) is 6.43. The van der Waals surface area contributed by atoms with Crippen LogP contribution in [0, 0.1) is 13.8 Å². The zero-order valence-electron chi connectivity index (χ0n) is 21.2. The Morgan fingerprint density at radius 2 is 2.00 bits per heavy atom. The second kappa shape index (κ2) is 12.8. The van der Waals surface area contributed by atoms with Gasteiger partial charge in [-0.15, -0.1) is 12.4 Å². The number of aromatic nitrogens is 1. The van der Waals surface area contributed by atoms with Gasteiger partial charge in [-0.2, -0.15) is 4.31 Å². The van der Waals surface area contributed by atoms with E-state index in [9.17, 15) is 13.2 Å². The summed E-state index contributed by atoms with van der Waals surface area (Å²) < 4.78 is 34.6. The molecule has 0 aliphatic carbocycles. The Balaban J connectivity index is 0.00000400. The number of nitrogens with one attached hydrogen (secondary N) is 1. The Morgan fingerprint density at radius 3 is 2.74 bits per heavy atom. The van der Waals surface area contributed by atoms with E-state index in [1.54, 1.807) is 6.07 Å². The van der Waals surface area contributed by atoms with Crippen LogP contribution in [0.4, 0.5) is 0 Å². The lowest BCUT2D eigenvalue weighted by Gasteiger charge is -2.24. The van der Waals surface area contributed by atoms with E-state index in [1.807, 2.05) is 32.0 Å². The molecule has 1 amide bonds. The Kier molecular flexibility index (Phi) is 10.2. The molecule has 8 nitrogen and oxygen atoms in total. The lowest BCUT2D eigenvalue weighted by Crippen LogP contribution is -2.46. The molecule has 1 atom stereocenters. The number of amides is 1.